The summed E-state index contributed by atoms with van der Waals surface area (Å²) in [5, 5.41) is 3.00. The lowest BCUT2D eigenvalue weighted by Gasteiger charge is -2.13. The van der Waals surface area contributed by atoms with E-state index < -0.39 is 5.91 Å². The Labute approximate surface area is 190 Å². The molecule has 0 aliphatic heterocycles. The maximum atomic E-state index is 13.2. The maximum Gasteiger partial charge on any atom is 0.265 e. The van der Waals surface area contributed by atoms with Gasteiger partial charge in [0.15, 0.2) is 0 Å². The second-order valence-corrected chi connectivity index (χ2v) is 7.43. The highest BCUT2D eigenvalue weighted by atomic mass is 19.1. The fraction of sp³-hybridized carbons (Fsp3) is 0.115. The van der Waals surface area contributed by atoms with E-state index in [9.17, 15) is 14.0 Å². The van der Waals surface area contributed by atoms with Crippen LogP contribution >= 0.6 is 0 Å². The van der Waals surface area contributed by atoms with Crippen molar-refractivity contribution in [1.82, 2.24) is 14.9 Å². The lowest BCUT2D eigenvalue weighted by atomic mass is 10.1. The first-order valence-electron chi connectivity index (χ1n) is 10.3. The summed E-state index contributed by atoms with van der Waals surface area (Å²) in [5.74, 6) is -0.113. The van der Waals surface area contributed by atoms with Crippen molar-refractivity contribution in [3.05, 3.63) is 105 Å². The number of methoxy groups -OCH3 is 1. The van der Waals surface area contributed by atoms with Gasteiger partial charge in [-0.15, -0.1) is 0 Å². The molecule has 1 N–H and O–H groups in total. The minimum atomic E-state index is -0.409. The highest BCUT2D eigenvalue weighted by Crippen LogP contribution is 2.27. The molecule has 0 saturated carbocycles. The van der Waals surface area contributed by atoms with Crippen molar-refractivity contribution >= 4 is 29.0 Å². The van der Waals surface area contributed by atoms with Crippen LogP contribution in [0.2, 0.25) is 0 Å². The van der Waals surface area contributed by atoms with Crippen LogP contribution in [0.3, 0.4) is 0 Å². The van der Waals surface area contributed by atoms with Gasteiger partial charge in [0.2, 0.25) is 0 Å². The van der Waals surface area contributed by atoms with Gasteiger partial charge in [-0.2, -0.15) is 0 Å². The van der Waals surface area contributed by atoms with E-state index in [1.807, 2.05) is 36.4 Å². The van der Waals surface area contributed by atoms with E-state index in [1.54, 1.807) is 37.4 Å². The third-order valence-corrected chi connectivity index (χ3v) is 5.27. The number of hydrogen-bond acceptors (Lipinski definition) is 4. The smallest absolute Gasteiger partial charge is 0.265 e. The Morgan fingerprint density at radius 2 is 1.79 bits per heavy atom. The molecule has 4 aromatic rings. The summed E-state index contributed by atoms with van der Waals surface area (Å²) >= 11 is 0. The number of nitrogens with one attached hydrogen (secondary N) is 1. The van der Waals surface area contributed by atoms with Crippen LogP contribution in [0.15, 0.2) is 71.5 Å². The van der Waals surface area contributed by atoms with Crippen molar-refractivity contribution in [3.8, 4) is 5.75 Å². The predicted octanol–water partition coefficient (Wildman–Crippen LogP) is 4.18. The monoisotopic (exact) mass is 443 g/mol. The van der Waals surface area contributed by atoms with Crippen LogP contribution in [0.5, 0.6) is 5.75 Å². The van der Waals surface area contributed by atoms with Crippen LogP contribution in [0.1, 0.15) is 27.3 Å². The first kappa shape index (κ1) is 22.0. The number of benzene rings is 3. The molecule has 0 bridgehead atoms. The molecule has 0 aliphatic carbocycles. The van der Waals surface area contributed by atoms with Crippen LogP contribution in [-0.2, 0) is 13.6 Å². The number of nitrogens with zero attached hydrogens (tertiary/aromatic N) is 2. The number of carbonyl (C=O) groups excluding carboxylic acids is 1. The number of carbonyl (C=O) groups is 1. The first-order chi connectivity index (χ1) is 16.0. The molecule has 0 fully saturated rings. The van der Waals surface area contributed by atoms with E-state index >= 15 is 0 Å². The Morgan fingerprint density at radius 1 is 1.06 bits per heavy atom. The topological polar surface area (TPSA) is 73.2 Å². The molecule has 0 saturated heterocycles. The Morgan fingerprint density at radius 3 is 2.48 bits per heavy atom. The number of hydrogen-bond donors (Lipinski definition) is 1. The minimum absolute atomic E-state index is 0.163. The molecule has 1 heterocycles. The molecule has 0 unspecified atom stereocenters. The largest absolute Gasteiger partial charge is 0.495 e. The molecular formula is C26H22FN3O3. The zero-order valence-electron chi connectivity index (χ0n) is 18.2. The molecule has 4 rings (SSSR count). The van der Waals surface area contributed by atoms with E-state index in [0.29, 0.717) is 11.3 Å². The Balaban J connectivity index is 1.68. The average molecular weight is 443 g/mol. The Kier molecular flexibility index (Phi) is 6.31. The number of fused-ring (bicyclic) bond motifs is 1. The molecule has 166 valence electrons. The summed E-state index contributed by atoms with van der Waals surface area (Å²) in [6.07, 6.45) is 3.65. The predicted molar refractivity (Wildman–Crippen MR) is 126 cm³/mol. The van der Waals surface area contributed by atoms with E-state index in [-0.39, 0.29) is 34.6 Å². The van der Waals surface area contributed by atoms with Crippen LogP contribution in [0.25, 0.3) is 23.1 Å². The Bertz CT molecular complexity index is 1390. The molecule has 0 aliphatic rings. The summed E-state index contributed by atoms with van der Waals surface area (Å²) in [4.78, 5) is 30.6. The maximum absolute atomic E-state index is 13.2. The highest BCUT2D eigenvalue weighted by Gasteiger charge is 2.19. The summed E-state index contributed by atoms with van der Waals surface area (Å²) < 4.78 is 20.0. The molecular weight excluding hydrogens is 421 g/mol. The van der Waals surface area contributed by atoms with E-state index in [0.717, 1.165) is 11.1 Å². The summed E-state index contributed by atoms with van der Waals surface area (Å²) in [5.41, 5.74) is 2.06. The molecule has 7 heteroatoms. The third kappa shape index (κ3) is 4.67. The van der Waals surface area contributed by atoms with Gasteiger partial charge in [-0.3, -0.25) is 14.2 Å². The Hall–Kier alpha value is -4.26. The number of halogens is 1. The molecule has 1 amide bonds. The fourth-order valence-electron chi connectivity index (χ4n) is 3.50. The fourth-order valence-corrected chi connectivity index (χ4v) is 3.50. The van der Waals surface area contributed by atoms with E-state index in [2.05, 4.69) is 10.3 Å². The molecule has 0 spiro atoms. The van der Waals surface area contributed by atoms with Crippen molar-refractivity contribution in [2.45, 2.75) is 6.54 Å². The lowest BCUT2D eigenvalue weighted by molar-refractivity contribution is 0.0948. The number of amides is 1. The molecule has 1 aromatic heterocycles. The van der Waals surface area contributed by atoms with Crippen molar-refractivity contribution in [3.63, 3.8) is 0 Å². The molecule has 0 radical (unpaired) electrons. The average Bonchev–Trinajstić information content (AvgIpc) is 2.84. The SMILES string of the molecule is COc1c(C(=O)NCc2ccc(F)cc2)ccc2nc(/C=C/c3ccccc3)n(C)c(=O)c12. The number of aromatic nitrogens is 2. The zero-order chi connectivity index (χ0) is 23.4. The van der Waals surface area contributed by atoms with Gasteiger partial charge in [-0.05, 0) is 41.5 Å². The van der Waals surface area contributed by atoms with Crippen molar-refractivity contribution in [2.24, 2.45) is 7.05 Å². The quantitative estimate of drug-likeness (QED) is 0.485. The van der Waals surface area contributed by atoms with Gasteiger partial charge in [-0.1, -0.05) is 48.5 Å². The first-order valence-corrected chi connectivity index (χ1v) is 10.3. The van der Waals surface area contributed by atoms with Gasteiger partial charge in [-0.25, -0.2) is 9.37 Å². The number of rotatable bonds is 6. The van der Waals surface area contributed by atoms with E-state index in [1.165, 1.54) is 23.8 Å². The summed E-state index contributed by atoms with van der Waals surface area (Å²) in [6.45, 7) is 0.208. The lowest BCUT2D eigenvalue weighted by Crippen LogP contribution is -2.25. The standard InChI is InChI=1S/C26H22FN3O3/c1-30-22(15-10-17-6-4-3-5-7-17)29-21-14-13-20(24(33-2)23(21)26(30)32)25(31)28-16-18-8-11-19(27)12-9-18/h3-15H,16H2,1-2H3,(H,28,31)/b15-10+. The van der Waals surface area contributed by atoms with Crippen molar-refractivity contribution < 1.29 is 13.9 Å². The van der Waals surface area contributed by atoms with Gasteiger partial charge in [0, 0.05) is 13.6 Å². The van der Waals surface area contributed by atoms with Crippen LogP contribution in [-0.4, -0.2) is 22.6 Å². The zero-order valence-corrected chi connectivity index (χ0v) is 18.2. The normalized spacial score (nSPS) is 11.1. The van der Waals surface area contributed by atoms with Crippen molar-refractivity contribution in [2.75, 3.05) is 7.11 Å². The van der Waals surface area contributed by atoms with Crippen LogP contribution in [0.4, 0.5) is 4.39 Å². The second kappa shape index (κ2) is 9.48. The summed E-state index contributed by atoms with van der Waals surface area (Å²) in [6, 6.07) is 18.8. The van der Waals surface area contributed by atoms with E-state index in [4.69, 9.17) is 4.74 Å². The van der Waals surface area contributed by atoms with Crippen LogP contribution in [0, 0.1) is 5.82 Å². The van der Waals surface area contributed by atoms with Gasteiger partial charge >= 0.3 is 0 Å². The van der Waals surface area contributed by atoms with Gasteiger partial charge in [0.05, 0.1) is 18.2 Å². The molecule has 6 nitrogen and oxygen atoms in total. The number of ether oxygens (including phenoxy) is 1. The van der Waals surface area contributed by atoms with Crippen LogP contribution < -0.4 is 15.6 Å². The third-order valence-electron chi connectivity index (χ3n) is 5.27. The van der Waals surface area contributed by atoms with Gasteiger partial charge in [0.1, 0.15) is 22.8 Å². The van der Waals surface area contributed by atoms with Gasteiger partial charge < -0.3 is 10.1 Å². The second-order valence-electron chi connectivity index (χ2n) is 7.43. The molecule has 3 aromatic carbocycles. The van der Waals surface area contributed by atoms with Crippen molar-refractivity contribution in [1.29, 1.82) is 0 Å². The highest BCUT2D eigenvalue weighted by molar-refractivity contribution is 6.03. The summed E-state index contributed by atoms with van der Waals surface area (Å²) in [7, 11) is 3.04. The molecule has 0 atom stereocenters. The minimum Gasteiger partial charge on any atom is -0.495 e. The molecule has 33 heavy (non-hydrogen) atoms. The van der Waals surface area contributed by atoms with Gasteiger partial charge in [0.25, 0.3) is 11.5 Å².